The van der Waals surface area contributed by atoms with Gasteiger partial charge in [0.2, 0.25) is 5.91 Å². The summed E-state index contributed by atoms with van der Waals surface area (Å²) in [5, 5.41) is 3.15. The lowest BCUT2D eigenvalue weighted by Gasteiger charge is -2.21. The van der Waals surface area contributed by atoms with Crippen molar-refractivity contribution in [2.75, 3.05) is 6.54 Å². The SMILES string of the molecule is CC(C)(CNCc1cccc(F)c1Cl)C(N)=O. The fourth-order valence-corrected chi connectivity index (χ4v) is 1.47. The Hall–Kier alpha value is -1.13. The second-order valence-electron chi connectivity index (χ2n) is 4.56. The summed E-state index contributed by atoms with van der Waals surface area (Å²) in [6, 6.07) is 4.63. The maximum Gasteiger partial charge on any atom is 0.224 e. The zero-order valence-corrected chi connectivity index (χ0v) is 10.6. The molecule has 0 aromatic heterocycles. The first-order chi connectivity index (χ1) is 7.84. The van der Waals surface area contributed by atoms with E-state index in [0.29, 0.717) is 18.7 Å². The Labute approximate surface area is 105 Å². The summed E-state index contributed by atoms with van der Waals surface area (Å²) in [6.45, 7) is 4.30. The molecular formula is C12H16ClFN2O. The minimum absolute atomic E-state index is 0.108. The van der Waals surface area contributed by atoms with E-state index in [2.05, 4.69) is 5.32 Å². The molecule has 5 heteroatoms. The molecule has 1 amide bonds. The monoisotopic (exact) mass is 258 g/mol. The first-order valence-corrected chi connectivity index (χ1v) is 5.66. The van der Waals surface area contributed by atoms with E-state index >= 15 is 0 Å². The van der Waals surface area contributed by atoms with Gasteiger partial charge >= 0.3 is 0 Å². The lowest BCUT2D eigenvalue weighted by Crippen LogP contribution is -2.40. The largest absolute Gasteiger partial charge is 0.369 e. The van der Waals surface area contributed by atoms with Crippen LogP contribution in [0.15, 0.2) is 18.2 Å². The Kier molecular flexibility index (Phi) is 4.48. The van der Waals surface area contributed by atoms with Gasteiger partial charge < -0.3 is 11.1 Å². The van der Waals surface area contributed by atoms with Crippen LogP contribution in [-0.2, 0) is 11.3 Å². The summed E-state index contributed by atoms with van der Waals surface area (Å²) in [6.07, 6.45) is 0. The van der Waals surface area contributed by atoms with E-state index in [4.69, 9.17) is 17.3 Å². The van der Waals surface area contributed by atoms with Gasteiger partial charge in [-0.25, -0.2) is 4.39 Å². The topological polar surface area (TPSA) is 55.1 Å². The van der Waals surface area contributed by atoms with Gasteiger partial charge in [-0.3, -0.25) is 4.79 Å². The van der Waals surface area contributed by atoms with Crippen LogP contribution in [-0.4, -0.2) is 12.5 Å². The molecule has 0 saturated heterocycles. The van der Waals surface area contributed by atoms with E-state index in [0.717, 1.165) is 0 Å². The van der Waals surface area contributed by atoms with Gasteiger partial charge in [0.1, 0.15) is 5.82 Å². The highest BCUT2D eigenvalue weighted by molar-refractivity contribution is 6.31. The number of amides is 1. The predicted molar refractivity (Wildman–Crippen MR) is 66.1 cm³/mol. The Bertz CT molecular complexity index is 421. The molecule has 0 aliphatic carbocycles. The number of rotatable bonds is 5. The molecule has 0 bridgehead atoms. The highest BCUT2D eigenvalue weighted by atomic mass is 35.5. The van der Waals surface area contributed by atoms with Crippen molar-refractivity contribution in [3.63, 3.8) is 0 Å². The molecule has 94 valence electrons. The van der Waals surface area contributed by atoms with Crippen LogP contribution in [0.5, 0.6) is 0 Å². The average molecular weight is 259 g/mol. The summed E-state index contributed by atoms with van der Waals surface area (Å²) < 4.78 is 13.1. The van der Waals surface area contributed by atoms with Crippen LogP contribution in [0.4, 0.5) is 4.39 Å². The van der Waals surface area contributed by atoms with Crippen molar-refractivity contribution in [2.45, 2.75) is 20.4 Å². The normalized spacial score (nSPS) is 11.5. The van der Waals surface area contributed by atoms with Crippen LogP contribution >= 0.6 is 11.6 Å². The Morgan fingerprint density at radius 1 is 1.53 bits per heavy atom. The lowest BCUT2D eigenvalue weighted by atomic mass is 9.93. The molecule has 0 unspecified atom stereocenters. The maximum absolute atomic E-state index is 13.1. The fraction of sp³-hybridized carbons (Fsp3) is 0.417. The lowest BCUT2D eigenvalue weighted by molar-refractivity contribution is -0.125. The highest BCUT2D eigenvalue weighted by Gasteiger charge is 2.24. The number of carbonyl (C=O) groups excluding carboxylic acids is 1. The van der Waals surface area contributed by atoms with Crippen LogP contribution in [0.1, 0.15) is 19.4 Å². The molecule has 0 saturated carbocycles. The van der Waals surface area contributed by atoms with E-state index in [-0.39, 0.29) is 10.9 Å². The third kappa shape index (κ3) is 3.68. The third-order valence-electron chi connectivity index (χ3n) is 2.58. The smallest absolute Gasteiger partial charge is 0.224 e. The van der Waals surface area contributed by atoms with Crippen LogP contribution in [0.25, 0.3) is 0 Å². The van der Waals surface area contributed by atoms with Gasteiger partial charge in [0.15, 0.2) is 0 Å². The summed E-state index contributed by atoms with van der Waals surface area (Å²) in [4.78, 5) is 11.1. The van der Waals surface area contributed by atoms with Gasteiger partial charge in [-0.05, 0) is 25.5 Å². The van der Waals surface area contributed by atoms with E-state index < -0.39 is 11.2 Å². The van der Waals surface area contributed by atoms with Gasteiger partial charge in [-0.1, -0.05) is 23.7 Å². The van der Waals surface area contributed by atoms with Gasteiger partial charge in [-0.2, -0.15) is 0 Å². The maximum atomic E-state index is 13.1. The first kappa shape index (κ1) is 13.9. The molecule has 0 aliphatic heterocycles. The van der Waals surface area contributed by atoms with Crippen molar-refractivity contribution in [2.24, 2.45) is 11.1 Å². The number of nitrogens with two attached hydrogens (primary N) is 1. The zero-order chi connectivity index (χ0) is 13.1. The number of hydrogen-bond acceptors (Lipinski definition) is 2. The quantitative estimate of drug-likeness (QED) is 0.850. The minimum Gasteiger partial charge on any atom is -0.369 e. The van der Waals surface area contributed by atoms with Crippen LogP contribution in [0.3, 0.4) is 0 Å². The van der Waals surface area contributed by atoms with E-state index in [9.17, 15) is 9.18 Å². The third-order valence-corrected chi connectivity index (χ3v) is 3.00. The molecule has 0 fully saturated rings. The summed E-state index contributed by atoms with van der Waals surface area (Å²) >= 11 is 5.80. The Balaban J connectivity index is 2.58. The molecule has 0 radical (unpaired) electrons. The van der Waals surface area contributed by atoms with Gasteiger partial charge in [0, 0.05) is 13.1 Å². The number of halogens is 2. The van der Waals surface area contributed by atoms with Crippen LogP contribution in [0, 0.1) is 11.2 Å². The summed E-state index contributed by atoms with van der Waals surface area (Å²) in [5.41, 5.74) is 5.26. The summed E-state index contributed by atoms with van der Waals surface area (Å²) in [7, 11) is 0. The second-order valence-corrected chi connectivity index (χ2v) is 4.94. The average Bonchev–Trinajstić information content (AvgIpc) is 2.24. The van der Waals surface area contributed by atoms with Crippen molar-refractivity contribution in [3.05, 3.63) is 34.6 Å². The molecule has 1 rings (SSSR count). The predicted octanol–water partition coefficient (Wildman–Crippen LogP) is 2.08. The molecular weight excluding hydrogens is 243 g/mol. The molecule has 0 spiro atoms. The zero-order valence-electron chi connectivity index (χ0n) is 9.89. The highest BCUT2D eigenvalue weighted by Crippen LogP contribution is 2.20. The second kappa shape index (κ2) is 5.47. The van der Waals surface area contributed by atoms with Gasteiger partial charge in [0.05, 0.1) is 10.4 Å². The molecule has 1 aromatic rings. The first-order valence-electron chi connectivity index (χ1n) is 5.28. The van der Waals surface area contributed by atoms with Crippen molar-refractivity contribution in [1.82, 2.24) is 5.32 Å². The number of nitrogens with one attached hydrogen (secondary N) is 1. The Morgan fingerprint density at radius 3 is 2.76 bits per heavy atom. The van der Waals surface area contributed by atoms with E-state index in [1.165, 1.54) is 6.07 Å². The molecule has 0 heterocycles. The van der Waals surface area contributed by atoms with Gasteiger partial charge in [0.25, 0.3) is 0 Å². The van der Waals surface area contributed by atoms with E-state index in [1.54, 1.807) is 26.0 Å². The van der Waals surface area contributed by atoms with Gasteiger partial charge in [-0.15, -0.1) is 0 Å². The van der Waals surface area contributed by atoms with Crippen molar-refractivity contribution < 1.29 is 9.18 Å². The van der Waals surface area contributed by atoms with Crippen LogP contribution in [0.2, 0.25) is 5.02 Å². The van der Waals surface area contributed by atoms with Crippen molar-refractivity contribution in [3.8, 4) is 0 Å². The number of benzene rings is 1. The molecule has 3 nitrogen and oxygen atoms in total. The van der Waals surface area contributed by atoms with Crippen molar-refractivity contribution >= 4 is 17.5 Å². The molecule has 0 aliphatic rings. The molecule has 3 N–H and O–H groups in total. The number of primary amides is 1. The number of hydrogen-bond donors (Lipinski definition) is 2. The number of carbonyl (C=O) groups is 1. The fourth-order valence-electron chi connectivity index (χ4n) is 1.28. The Morgan fingerprint density at radius 2 is 2.18 bits per heavy atom. The molecule has 0 atom stereocenters. The van der Waals surface area contributed by atoms with Crippen LogP contribution < -0.4 is 11.1 Å². The minimum atomic E-state index is -0.639. The molecule has 1 aromatic carbocycles. The van der Waals surface area contributed by atoms with Crippen molar-refractivity contribution in [1.29, 1.82) is 0 Å². The summed E-state index contributed by atoms with van der Waals surface area (Å²) in [5.74, 6) is -0.824. The molecule has 17 heavy (non-hydrogen) atoms. The standard InChI is InChI=1S/C12H16ClFN2O/c1-12(2,11(15)17)7-16-6-8-4-3-5-9(14)10(8)13/h3-5,16H,6-7H2,1-2H3,(H2,15,17). The van der Waals surface area contributed by atoms with E-state index in [1.807, 2.05) is 0 Å².